The molecule has 0 aliphatic heterocycles. The van der Waals surface area contributed by atoms with Crippen LogP contribution in [-0.4, -0.2) is 21.3 Å². The SMILES string of the molecule is Cc1noc(C)c1COc1ccc(CC(=O)Nc2nnc(C(C)C)s2)cc1. The minimum atomic E-state index is -0.120. The smallest absolute Gasteiger partial charge is 0.230 e. The maximum Gasteiger partial charge on any atom is 0.230 e. The van der Waals surface area contributed by atoms with Crippen molar-refractivity contribution >= 4 is 22.4 Å². The quantitative estimate of drug-likeness (QED) is 0.659. The second kappa shape index (κ2) is 8.30. The van der Waals surface area contributed by atoms with Crippen LogP contribution >= 0.6 is 11.3 Å². The molecule has 7 nitrogen and oxygen atoms in total. The van der Waals surface area contributed by atoms with Gasteiger partial charge in [0.1, 0.15) is 23.1 Å². The predicted molar refractivity (Wildman–Crippen MR) is 103 cm³/mol. The van der Waals surface area contributed by atoms with Crippen molar-refractivity contribution in [1.29, 1.82) is 0 Å². The minimum Gasteiger partial charge on any atom is -0.489 e. The highest BCUT2D eigenvalue weighted by Crippen LogP contribution is 2.23. The van der Waals surface area contributed by atoms with Crippen molar-refractivity contribution in [2.75, 3.05) is 5.32 Å². The molecule has 142 valence electrons. The fourth-order valence-corrected chi connectivity index (χ4v) is 3.20. The highest BCUT2D eigenvalue weighted by atomic mass is 32.1. The standard InChI is InChI=1S/C19H22N4O3S/c1-11(2)18-21-22-19(27-18)20-17(24)9-14-5-7-15(8-6-14)25-10-16-12(3)23-26-13(16)4/h5-8,11H,9-10H2,1-4H3,(H,20,22,24). The van der Waals surface area contributed by atoms with E-state index in [4.69, 9.17) is 9.26 Å². The summed E-state index contributed by atoms with van der Waals surface area (Å²) in [5.74, 6) is 1.67. The molecule has 8 heteroatoms. The third kappa shape index (κ3) is 4.91. The molecule has 0 aliphatic rings. The summed E-state index contributed by atoms with van der Waals surface area (Å²) in [5, 5.41) is 16.2. The number of hydrogen-bond acceptors (Lipinski definition) is 7. The zero-order valence-corrected chi connectivity index (χ0v) is 16.6. The maximum absolute atomic E-state index is 12.2. The van der Waals surface area contributed by atoms with Crippen molar-refractivity contribution in [3.05, 3.63) is 51.9 Å². The van der Waals surface area contributed by atoms with Crippen molar-refractivity contribution in [1.82, 2.24) is 15.4 Å². The Morgan fingerprint density at radius 3 is 2.56 bits per heavy atom. The lowest BCUT2D eigenvalue weighted by molar-refractivity contribution is -0.115. The van der Waals surface area contributed by atoms with E-state index in [-0.39, 0.29) is 12.3 Å². The molecule has 0 aliphatic carbocycles. The number of hydrogen-bond donors (Lipinski definition) is 1. The van der Waals surface area contributed by atoms with Crippen LogP contribution in [0.1, 0.15) is 47.4 Å². The van der Waals surface area contributed by atoms with E-state index in [0.29, 0.717) is 17.7 Å². The van der Waals surface area contributed by atoms with Crippen LogP contribution in [0.5, 0.6) is 5.75 Å². The average molecular weight is 386 g/mol. The van der Waals surface area contributed by atoms with Gasteiger partial charge in [-0.05, 0) is 31.5 Å². The summed E-state index contributed by atoms with van der Waals surface area (Å²) in [6, 6.07) is 7.45. The van der Waals surface area contributed by atoms with Gasteiger partial charge in [0.15, 0.2) is 0 Å². The number of amides is 1. The Hall–Kier alpha value is -2.74. The summed E-state index contributed by atoms with van der Waals surface area (Å²) in [6.45, 7) is 8.24. The van der Waals surface area contributed by atoms with E-state index in [2.05, 4.69) is 20.7 Å². The summed E-state index contributed by atoms with van der Waals surface area (Å²) < 4.78 is 10.9. The molecule has 0 radical (unpaired) electrons. The van der Waals surface area contributed by atoms with Crippen LogP contribution in [0.15, 0.2) is 28.8 Å². The normalized spacial score (nSPS) is 11.0. The lowest BCUT2D eigenvalue weighted by Crippen LogP contribution is -2.14. The fraction of sp³-hybridized carbons (Fsp3) is 0.368. The van der Waals surface area contributed by atoms with Crippen LogP contribution in [0.2, 0.25) is 0 Å². The molecule has 1 N–H and O–H groups in total. The van der Waals surface area contributed by atoms with Crippen LogP contribution < -0.4 is 10.1 Å². The molecular formula is C19H22N4O3S. The van der Waals surface area contributed by atoms with E-state index in [1.807, 2.05) is 52.0 Å². The van der Waals surface area contributed by atoms with Crippen LogP contribution in [0, 0.1) is 13.8 Å². The van der Waals surface area contributed by atoms with Crippen molar-refractivity contribution in [3.8, 4) is 5.75 Å². The number of nitrogens with one attached hydrogen (secondary N) is 1. The van der Waals surface area contributed by atoms with Gasteiger partial charge >= 0.3 is 0 Å². The monoisotopic (exact) mass is 386 g/mol. The van der Waals surface area contributed by atoms with E-state index >= 15 is 0 Å². The number of carbonyl (C=O) groups excluding carboxylic acids is 1. The Kier molecular flexibility index (Phi) is 5.85. The van der Waals surface area contributed by atoms with Crippen LogP contribution in [0.25, 0.3) is 0 Å². The van der Waals surface area contributed by atoms with Gasteiger partial charge in [-0.3, -0.25) is 4.79 Å². The van der Waals surface area contributed by atoms with Crippen molar-refractivity contribution in [3.63, 3.8) is 0 Å². The van der Waals surface area contributed by atoms with Gasteiger partial charge < -0.3 is 14.6 Å². The molecule has 2 heterocycles. The zero-order valence-electron chi connectivity index (χ0n) is 15.8. The summed E-state index contributed by atoms with van der Waals surface area (Å²) in [7, 11) is 0. The second-order valence-corrected chi connectivity index (χ2v) is 7.57. The van der Waals surface area contributed by atoms with Crippen LogP contribution in [-0.2, 0) is 17.8 Å². The molecule has 0 fully saturated rings. The van der Waals surface area contributed by atoms with Gasteiger partial charge in [0.25, 0.3) is 0 Å². The minimum absolute atomic E-state index is 0.120. The van der Waals surface area contributed by atoms with E-state index in [9.17, 15) is 4.79 Å². The summed E-state index contributed by atoms with van der Waals surface area (Å²) in [5.41, 5.74) is 2.68. The lowest BCUT2D eigenvalue weighted by Gasteiger charge is -2.07. The largest absolute Gasteiger partial charge is 0.489 e. The van der Waals surface area contributed by atoms with E-state index < -0.39 is 0 Å². The third-order valence-electron chi connectivity index (χ3n) is 4.03. The number of benzene rings is 1. The Morgan fingerprint density at radius 2 is 1.96 bits per heavy atom. The van der Waals surface area contributed by atoms with Crippen molar-refractivity contribution in [2.45, 2.75) is 46.6 Å². The number of ether oxygens (including phenoxy) is 1. The van der Waals surface area contributed by atoms with E-state index in [1.54, 1.807) is 0 Å². The first-order chi connectivity index (χ1) is 12.9. The van der Waals surface area contributed by atoms with Gasteiger partial charge in [-0.25, -0.2) is 0 Å². The molecule has 3 aromatic rings. The maximum atomic E-state index is 12.2. The first kappa shape index (κ1) is 19.0. The van der Waals surface area contributed by atoms with Gasteiger partial charge in [-0.1, -0.05) is 42.5 Å². The Balaban J connectivity index is 1.53. The summed E-state index contributed by atoms with van der Waals surface area (Å²) in [6.07, 6.45) is 0.265. The molecule has 0 unspecified atom stereocenters. The Morgan fingerprint density at radius 1 is 1.22 bits per heavy atom. The number of aryl methyl sites for hydroxylation is 2. The Bertz CT molecular complexity index is 896. The van der Waals surface area contributed by atoms with Gasteiger partial charge in [0, 0.05) is 5.92 Å². The molecule has 3 rings (SSSR count). The highest BCUT2D eigenvalue weighted by Gasteiger charge is 2.12. The molecule has 0 spiro atoms. The van der Waals surface area contributed by atoms with Gasteiger partial charge in [0.05, 0.1) is 17.7 Å². The molecule has 27 heavy (non-hydrogen) atoms. The number of aromatic nitrogens is 3. The number of rotatable bonds is 7. The first-order valence-electron chi connectivity index (χ1n) is 8.69. The Labute approximate surface area is 161 Å². The van der Waals surface area contributed by atoms with Gasteiger partial charge in [-0.2, -0.15) is 0 Å². The summed E-state index contributed by atoms with van der Waals surface area (Å²) in [4.78, 5) is 12.2. The van der Waals surface area contributed by atoms with E-state index in [0.717, 1.165) is 33.3 Å². The topological polar surface area (TPSA) is 90.1 Å². The van der Waals surface area contributed by atoms with Gasteiger partial charge in [-0.15, -0.1) is 10.2 Å². The molecule has 0 saturated carbocycles. The molecule has 1 aromatic carbocycles. The second-order valence-electron chi connectivity index (χ2n) is 6.56. The number of carbonyl (C=O) groups is 1. The van der Waals surface area contributed by atoms with Crippen LogP contribution in [0.3, 0.4) is 0 Å². The van der Waals surface area contributed by atoms with Crippen molar-refractivity contribution < 1.29 is 14.1 Å². The van der Waals surface area contributed by atoms with Crippen LogP contribution in [0.4, 0.5) is 5.13 Å². The fourth-order valence-electron chi connectivity index (χ4n) is 2.43. The molecular weight excluding hydrogens is 364 g/mol. The van der Waals surface area contributed by atoms with E-state index in [1.165, 1.54) is 11.3 Å². The molecule has 0 atom stereocenters. The lowest BCUT2D eigenvalue weighted by atomic mass is 10.1. The van der Waals surface area contributed by atoms with Gasteiger partial charge in [0.2, 0.25) is 11.0 Å². The molecule has 0 saturated heterocycles. The molecule has 0 bridgehead atoms. The summed E-state index contributed by atoms with van der Waals surface area (Å²) >= 11 is 1.40. The first-order valence-corrected chi connectivity index (χ1v) is 9.50. The number of nitrogens with zero attached hydrogens (tertiary/aromatic N) is 3. The van der Waals surface area contributed by atoms with Crippen molar-refractivity contribution in [2.24, 2.45) is 0 Å². The number of anilines is 1. The zero-order chi connectivity index (χ0) is 19.4. The highest BCUT2D eigenvalue weighted by molar-refractivity contribution is 7.15. The predicted octanol–water partition coefficient (Wildman–Crippen LogP) is 4.03. The molecule has 2 aromatic heterocycles. The average Bonchev–Trinajstić information content (AvgIpc) is 3.22. The molecule has 1 amide bonds. The third-order valence-corrected chi connectivity index (χ3v) is 5.17.